The fraction of sp³-hybridized carbons (Fsp3) is 0.143. The number of nitrogens with zero attached hydrogens (tertiary/aromatic N) is 3. The Bertz CT molecular complexity index is 1010. The molecule has 0 fully saturated rings. The van der Waals surface area contributed by atoms with E-state index in [1.54, 1.807) is 11.8 Å². The van der Waals surface area contributed by atoms with E-state index in [0.29, 0.717) is 0 Å². The van der Waals surface area contributed by atoms with Gasteiger partial charge in [-0.15, -0.1) is 11.8 Å². The van der Waals surface area contributed by atoms with Crippen LogP contribution in [0.3, 0.4) is 0 Å². The minimum atomic E-state index is 0.916. The minimum Gasteiger partial charge on any atom is -0.233 e. The number of rotatable bonds is 4. The Morgan fingerprint density at radius 3 is 2.32 bits per heavy atom. The monoisotopic (exact) mass is 345 g/mol. The highest BCUT2D eigenvalue weighted by atomic mass is 32.2. The van der Waals surface area contributed by atoms with E-state index < -0.39 is 0 Å². The first kappa shape index (κ1) is 15.9. The maximum Gasteiger partial charge on any atom is 0.164 e. The van der Waals surface area contributed by atoms with Crippen molar-refractivity contribution in [3.63, 3.8) is 0 Å². The average molecular weight is 345 g/mol. The topological polar surface area (TPSA) is 30.2 Å². The molecular weight excluding hydrogens is 326 g/mol. The van der Waals surface area contributed by atoms with Gasteiger partial charge in [0.05, 0.1) is 5.69 Å². The fourth-order valence-corrected chi connectivity index (χ4v) is 4.00. The van der Waals surface area contributed by atoms with Gasteiger partial charge in [0, 0.05) is 17.0 Å². The van der Waals surface area contributed by atoms with Crippen molar-refractivity contribution < 1.29 is 0 Å². The Kier molecular flexibility index (Phi) is 4.28. The molecule has 0 saturated heterocycles. The van der Waals surface area contributed by atoms with E-state index in [9.17, 15) is 0 Å². The van der Waals surface area contributed by atoms with Crippen LogP contribution in [-0.2, 0) is 5.75 Å². The van der Waals surface area contributed by atoms with Crippen LogP contribution >= 0.6 is 11.8 Å². The zero-order valence-corrected chi connectivity index (χ0v) is 15.1. The summed E-state index contributed by atoms with van der Waals surface area (Å²) in [4.78, 5) is 4.78. The van der Waals surface area contributed by atoms with Crippen LogP contribution in [0, 0.1) is 13.8 Å². The number of aryl methyl sites for hydroxylation is 2. The maximum atomic E-state index is 4.78. The van der Waals surface area contributed by atoms with E-state index in [-0.39, 0.29) is 0 Å². The first-order valence-electron chi connectivity index (χ1n) is 8.31. The highest BCUT2D eigenvalue weighted by molar-refractivity contribution is 7.98. The molecule has 25 heavy (non-hydrogen) atoms. The summed E-state index contributed by atoms with van der Waals surface area (Å²) in [5.74, 6) is 0.916. The fourth-order valence-electron chi connectivity index (χ4n) is 2.99. The molecule has 2 aromatic heterocycles. The van der Waals surface area contributed by atoms with Crippen molar-refractivity contribution in [1.29, 1.82) is 0 Å². The van der Waals surface area contributed by atoms with Gasteiger partial charge in [0.25, 0.3) is 0 Å². The summed E-state index contributed by atoms with van der Waals surface area (Å²) < 4.78 is 1.98. The molecule has 0 unspecified atom stereocenters. The number of hydrogen-bond acceptors (Lipinski definition) is 3. The van der Waals surface area contributed by atoms with Crippen molar-refractivity contribution in [1.82, 2.24) is 14.6 Å². The molecule has 0 N–H and O–H groups in total. The molecule has 3 nitrogen and oxygen atoms in total. The molecular formula is C21H19N3S. The van der Waals surface area contributed by atoms with E-state index >= 15 is 0 Å². The van der Waals surface area contributed by atoms with Gasteiger partial charge < -0.3 is 0 Å². The second kappa shape index (κ2) is 6.73. The first-order chi connectivity index (χ1) is 12.2. The zero-order valence-electron chi connectivity index (χ0n) is 14.3. The number of fused-ring (bicyclic) bond motifs is 1. The summed E-state index contributed by atoms with van der Waals surface area (Å²) in [6.07, 6.45) is 0. The molecule has 0 aliphatic rings. The molecule has 0 bridgehead atoms. The molecule has 0 spiro atoms. The third-order valence-corrected chi connectivity index (χ3v) is 5.22. The molecule has 2 heterocycles. The number of benzene rings is 2. The normalized spacial score (nSPS) is 11.1. The minimum absolute atomic E-state index is 0.916. The highest BCUT2D eigenvalue weighted by Gasteiger charge is 2.16. The van der Waals surface area contributed by atoms with Gasteiger partial charge in [-0.1, -0.05) is 60.7 Å². The Labute approximate surface area is 151 Å². The van der Waals surface area contributed by atoms with Crippen LogP contribution in [0.4, 0.5) is 0 Å². The van der Waals surface area contributed by atoms with Gasteiger partial charge in [-0.3, -0.25) is 0 Å². The second-order valence-corrected chi connectivity index (χ2v) is 7.07. The number of thioether (sulfide) groups is 1. The average Bonchev–Trinajstić information content (AvgIpc) is 2.97. The van der Waals surface area contributed by atoms with Gasteiger partial charge in [-0.2, -0.15) is 5.10 Å². The summed E-state index contributed by atoms with van der Waals surface area (Å²) in [7, 11) is 0. The van der Waals surface area contributed by atoms with Crippen molar-refractivity contribution in [2.24, 2.45) is 0 Å². The van der Waals surface area contributed by atoms with Crippen LogP contribution in [-0.4, -0.2) is 14.6 Å². The SMILES string of the molecule is Cc1cc(SCc2ccccc2)n2nc(C)c(-c3ccccc3)c2n1. The molecule has 2 aromatic carbocycles. The lowest BCUT2D eigenvalue weighted by atomic mass is 10.1. The van der Waals surface area contributed by atoms with Gasteiger partial charge >= 0.3 is 0 Å². The van der Waals surface area contributed by atoms with Gasteiger partial charge in [-0.05, 0) is 31.0 Å². The van der Waals surface area contributed by atoms with Gasteiger partial charge in [0.2, 0.25) is 0 Å². The van der Waals surface area contributed by atoms with Crippen LogP contribution in [0.2, 0.25) is 0 Å². The van der Waals surface area contributed by atoms with E-state index in [1.165, 1.54) is 5.56 Å². The van der Waals surface area contributed by atoms with Crippen LogP contribution in [0.5, 0.6) is 0 Å². The van der Waals surface area contributed by atoms with E-state index in [2.05, 4.69) is 61.5 Å². The number of hydrogen-bond donors (Lipinski definition) is 0. The zero-order chi connectivity index (χ0) is 17.2. The standard InChI is InChI=1S/C21H19N3S/c1-15-13-19(25-14-17-9-5-3-6-10-17)24-21(22-15)20(16(2)23-24)18-11-7-4-8-12-18/h3-13H,14H2,1-2H3. The van der Waals surface area contributed by atoms with Crippen molar-refractivity contribution in [3.8, 4) is 11.1 Å². The summed E-state index contributed by atoms with van der Waals surface area (Å²) in [6, 6.07) is 23.0. The molecule has 4 rings (SSSR count). The first-order valence-corrected chi connectivity index (χ1v) is 9.30. The van der Waals surface area contributed by atoms with E-state index in [0.717, 1.165) is 38.9 Å². The molecule has 4 aromatic rings. The largest absolute Gasteiger partial charge is 0.233 e. The molecule has 0 atom stereocenters. The van der Waals surface area contributed by atoms with Gasteiger partial charge in [0.15, 0.2) is 5.65 Å². The molecule has 4 heteroatoms. The molecule has 0 saturated carbocycles. The Morgan fingerprint density at radius 1 is 0.920 bits per heavy atom. The predicted molar refractivity (Wildman–Crippen MR) is 104 cm³/mol. The van der Waals surface area contributed by atoms with Crippen molar-refractivity contribution >= 4 is 17.4 Å². The molecule has 0 amide bonds. The summed E-state index contributed by atoms with van der Waals surface area (Å²) in [5, 5.41) is 5.90. The molecule has 124 valence electrons. The summed E-state index contributed by atoms with van der Waals surface area (Å²) >= 11 is 1.79. The van der Waals surface area contributed by atoms with Crippen LogP contribution in [0.15, 0.2) is 71.8 Å². The van der Waals surface area contributed by atoms with E-state index in [1.807, 2.05) is 23.6 Å². The molecule has 0 radical (unpaired) electrons. The quantitative estimate of drug-likeness (QED) is 0.371. The van der Waals surface area contributed by atoms with Crippen molar-refractivity contribution in [2.45, 2.75) is 24.6 Å². The van der Waals surface area contributed by atoms with Crippen LogP contribution in [0.1, 0.15) is 17.0 Å². The second-order valence-electron chi connectivity index (χ2n) is 6.07. The Hall–Kier alpha value is -2.59. The van der Waals surface area contributed by atoms with Crippen molar-refractivity contribution in [2.75, 3.05) is 0 Å². The summed E-state index contributed by atoms with van der Waals surface area (Å²) in [5.41, 5.74) is 6.53. The van der Waals surface area contributed by atoms with Crippen molar-refractivity contribution in [3.05, 3.63) is 83.7 Å². The third-order valence-electron chi connectivity index (χ3n) is 4.15. The lowest BCUT2D eigenvalue weighted by Crippen LogP contribution is -1.97. The van der Waals surface area contributed by atoms with Gasteiger partial charge in [0.1, 0.15) is 5.03 Å². The number of aromatic nitrogens is 3. The summed E-state index contributed by atoms with van der Waals surface area (Å²) in [6.45, 7) is 4.10. The smallest absolute Gasteiger partial charge is 0.164 e. The van der Waals surface area contributed by atoms with Gasteiger partial charge in [-0.25, -0.2) is 9.50 Å². The van der Waals surface area contributed by atoms with Crippen LogP contribution < -0.4 is 0 Å². The molecule has 0 aliphatic carbocycles. The third kappa shape index (κ3) is 3.17. The Balaban J connectivity index is 1.78. The molecule has 0 aliphatic heterocycles. The van der Waals surface area contributed by atoms with Crippen LogP contribution in [0.25, 0.3) is 16.8 Å². The lowest BCUT2D eigenvalue weighted by molar-refractivity contribution is 0.821. The highest BCUT2D eigenvalue weighted by Crippen LogP contribution is 2.31. The lowest BCUT2D eigenvalue weighted by Gasteiger charge is -2.07. The van der Waals surface area contributed by atoms with E-state index in [4.69, 9.17) is 10.1 Å². The maximum absolute atomic E-state index is 4.78. The Morgan fingerprint density at radius 2 is 1.60 bits per heavy atom. The predicted octanol–water partition coefficient (Wildman–Crippen LogP) is 5.31.